The number of benzene rings is 6. The Hall–Kier alpha value is -5.68. The molecule has 0 aliphatic heterocycles. The molecule has 0 saturated carbocycles. The maximum absolute atomic E-state index is 6.36. The summed E-state index contributed by atoms with van der Waals surface area (Å²) < 4.78 is 6.36. The molecule has 5 nitrogen and oxygen atoms in total. The fourth-order valence-corrected chi connectivity index (χ4v) is 5.24. The highest BCUT2D eigenvalue weighted by molar-refractivity contribution is 6.04. The van der Waals surface area contributed by atoms with E-state index in [1.54, 1.807) is 0 Å². The predicted octanol–water partition coefficient (Wildman–Crippen LogP) is 8.99. The van der Waals surface area contributed by atoms with E-state index in [1.165, 1.54) is 5.39 Å². The van der Waals surface area contributed by atoms with E-state index < -0.39 is 0 Å². The molecule has 5 heteroatoms. The molecule has 192 valence electrons. The van der Waals surface area contributed by atoms with Crippen molar-refractivity contribution in [2.45, 2.75) is 0 Å². The third-order valence-corrected chi connectivity index (χ3v) is 7.32. The summed E-state index contributed by atoms with van der Waals surface area (Å²) in [7, 11) is 0. The first-order valence-corrected chi connectivity index (χ1v) is 13.5. The van der Waals surface area contributed by atoms with Gasteiger partial charge in [-0.05, 0) is 46.5 Å². The van der Waals surface area contributed by atoms with Gasteiger partial charge >= 0.3 is 0 Å². The first kappa shape index (κ1) is 23.2. The Labute approximate surface area is 235 Å². The number of nitrogens with zero attached hydrogens (tertiary/aromatic N) is 4. The number of hydrogen-bond donors (Lipinski definition) is 0. The lowest BCUT2D eigenvalue weighted by atomic mass is 10.1. The third kappa shape index (κ3) is 4.21. The summed E-state index contributed by atoms with van der Waals surface area (Å²) in [6, 6.07) is 44.9. The highest BCUT2D eigenvalue weighted by atomic mass is 16.3. The monoisotopic (exact) mass is 526 g/mol. The van der Waals surface area contributed by atoms with Gasteiger partial charge in [0.25, 0.3) is 0 Å². The van der Waals surface area contributed by atoms with Gasteiger partial charge in [0.05, 0.1) is 0 Å². The minimum absolute atomic E-state index is 0.611. The summed E-state index contributed by atoms with van der Waals surface area (Å²) in [6.07, 6.45) is 0. The van der Waals surface area contributed by atoms with Gasteiger partial charge in [-0.25, -0.2) is 19.9 Å². The molecule has 41 heavy (non-hydrogen) atoms. The Kier molecular flexibility index (Phi) is 5.38. The average molecular weight is 527 g/mol. The molecule has 0 amide bonds. The van der Waals surface area contributed by atoms with Crippen molar-refractivity contribution in [2.75, 3.05) is 0 Å². The fourth-order valence-electron chi connectivity index (χ4n) is 5.24. The molecule has 0 saturated heterocycles. The lowest BCUT2D eigenvalue weighted by Crippen LogP contribution is -2.00. The van der Waals surface area contributed by atoms with Crippen LogP contribution < -0.4 is 0 Å². The summed E-state index contributed by atoms with van der Waals surface area (Å²) in [4.78, 5) is 19.4. The lowest BCUT2D eigenvalue weighted by molar-refractivity contribution is 0.623. The molecule has 0 aliphatic rings. The molecule has 0 bridgehead atoms. The van der Waals surface area contributed by atoms with Crippen molar-refractivity contribution >= 4 is 32.6 Å². The van der Waals surface area contributed by atoms with E-state index in [1.807, 2.05) is 84.9 Å². The van der Waals surface area contributed by atoms with Crippen LogP contribution in [0.4, 0.5) is 0 Å². The van der Waals surface area contributed by atoms with Crippen molar-refractivity contribution in [1.82, 2.24) is 19.9 Å². The highest BCUT2D eigenvalue weighted by Crippen LogP contribution is 2.33. The van der Waals surface area contributed by atoms with Crippen LogP contribution in [0.5, 0.6) is 0 Å². The smallest absolute Gasteiger partial charge is 0.227 e. The molecule has 0 spiro atoms. The zero-order chi connectivity index (χ0) is 27.2. The predicted molar refractivity (Wildman–Crippen MR) is 164 cm³/mol. The molecule has 2 heterocycles. The van der Waals surface area contributed by atoms with Crippen LogP contribution in [0, 0.1) is 0 Å². The van der Waals surface area contributed by atoms with Gasteiger partial charge in [0.1, 0.15) is 5.52 Å². The summed E-state index contributed by atoms with van der Waals surface area (Å²) in [6.45, 7) is 0. The quantitative estimate of drug-likeness (QED) is 0.229. The van der Waals surface area contributed by atoms with E-state index in [0.717, 1.165) is 49.5 Å². The van der Waals surface area contributed by atoms with Gasteiger partial charge in [-0.15, -0.1) is 0 Å². The first-order valence-electron chi connectivity index (χ1n) is 13.5. The Balaban J connectivity index is 1.24. The van der Waals surface area contributed by atoms with Crippen LogP contribution in [-0.2, 0) is 0 Å². The SMILES string of the molecule is c1ccc(-c2nc(-c3ccccc3)nc(-c3ccc4c(ccc5nc(-c6ccc7ccccc7c6)oc54)c3)n2)cc1. The zero-order valence-corrected chi connectivity index (χ0v) is 21.9. The van der Waals surface area contributed by atoms with Gasteiger partial charge in [0, 0.05) is 27.6 Å². The van der Waals surface area contributed by atoms with Crippen molar-refractivity contribution in [1.29, 1.82) is 0 Å². The highest BCUT2D eigenvalue weighted by Gasteiger charge is 2.15. The molecule has 0 N–H and O–H groups in total. The number of fused-ring (bicyclic) bond motifs is 4. The van der Waals surface area contributed by atoms with E-state index in [4.69, 9.17) is 24.4 Å². The van der Waals surface area contributed by atoms with Crippen molar-refractivity contribution in [2.24, 2.45) is 0 Å². The maximum atomic E-state index is 6.36. The lowest BCUT2D eigenvalue weighted by Gasteiger charge is -2.09. The zero-order valence-electron chi connectivity index (χ0n) is 21.9. The van der Waals surface area contributed by atoms with Crippen LogP contribution in [0.3, 0.4) is 0 Å². The minimum atomic E-state index is 0.611. The number of oxazole rings is 1. The topological polar surface area (TPSA) is 64.7 Å². The van der Waals surface area contributed by atoms with Crippen LogP contribution in [-0.4, -0.2) is 19.9 Å². The first-order chi connectivity index (χ1) is 20.3. The number of rotatable bonds is 4. The van der Waals surface area contributed by atoms with Crippen LogP contribution in [0.2, 0.25) is 0 Å². The summed E-state index contributed by atoms with van der Waals surface area (Å²) in [5, 5.41) is 4.36. The molecule has 0 radical (unpaired) electrons. The van der Waals surface area contributed by atoms with Crippen molar-refractivity contribution in [3.05, 3.63) is 133 Å². The Morgan fingerprint density at radius 1 is 0.390 bits per heavy atom. The minimum Gasteiger partial charge on any atom is -0.435 e. The molecule has 6 aromatic carbocycles. The summed E-state index contributed by atoms with van der Waals surface area (Å²) >= 11 is 0. The largest absolute Gasteiger partial charge is 0.435 e. The van der Waals surface area contributed by atoms with Crippen LogP contribution in [0.25, 0.3) is 78.3 Å². The van der Waals surface area contributed by atoms with Crippen molar-refractivity contribution in [3.63, 3.8) is 0 Å². The normalized spacial score (nSPS) is 11.4. The summed E-state index contributed by atoms with van der Waals surface area (Å²) in [5.41, 5.74) is 5.34. The van der Waals surface area contributed by atoms with Gasteiger partial charge in [-0.1, -0.05) is 103 Å². The third-order valence-electron chi connectivity index (χ3n) is 7.32. The second kappa shape index (κ2) is 9.50. The van der Waals surface area contributed by atoms with Gasteiger partial charge in [0.2, 0.25) is 5.89 Å². The molecular formula is C36H22N4O. The second-order valence-electron chi connectivity index (χ2n) is 9.97. The van der Waals surface area contributed by atoms with Crippen molar-refractivity contribution < 1.29 is 4.42 Å². The molecule has 8 rings (SSSR count). The maximum Gasteiger partial charge on any atom is 0.227 e. The number of aromatic nitrogens is 4. The van der Waals surface area contributed by atoms with E-state index >= 15 is 0 Å². The van der Waals surface area contributed by atoms with Crippen LogP contribution >= 0.6 is 0 Å². The van der Waals surface area contributed by atoms with E-state index in [2.05, 4.69) is 48.5 Å². The molecule has 0 fully saturated rings. The van der Waals surface area contributed by atoms with Crippen molar-refractivity contribution in [3.8, 4) is 45.6 Å². The molecular weight excluding hydrogens is 504 g/mol. The Morgan fingerprint density at radius 2 is 0.951 bits per heavy atom. The van der Waals surface area contributed by atoms with Crippen LogP contribution in [0.1, 0.15) is 0 Å². The summed E-state index contributed by atoms with van der Waals surface area (Å²) in [5.74, 6) is 2.51. The second-order valence-corrected chi connectivity index (χ2v) is 9.97. The van der Waals surface area contributed by atoms with E-state index in [9.17, 15) is 0 Å². The molecule has 2 aromatic heterocycles. The number of hydrogen-bond acceptors (Lipinski definition) is 5. The Bertz CT molecular complexity index is 2150. The molecule has 0 atom stereocenters. The van der Waals surface area contributed by atoms with Gasteiger partial charge in [-0.2, -0.15) is 0 Å². The van der Waals surface area contributed by atoms with Gasteiger partial charge < -0.3 is 4.42 Å². The van der Waals surface area contributed by atoms with E-state index in [0.29, 0.717) is 23.4 Å². The van der Waals surface area contributed by atoms with Crippen LogP contribution in [0.15, 0.2) is 138 Å². The average Bonchev–Trinajstić information content (AvgIpc) is 3.50. The van der Waals surface area contributed by atoms with Gasteiger partial charge in [0.15, 0.2) is 23.1 Å². The molecule has 0 aliphatic carbocycles. The van der Waals surface area contributed by atoms with Gasteiger partial charge in [-0.3, -0.25) is 0 Å². The molecule has 0 unspecified atom stereocenters. The molecule has 8 aromatic rings. The Morgan fingerprint density at radius 3 is 1.66 bits per heavy atom. The van der Waals surface area contributed by atoms with E-state index in [-0.39, 0.29) is 0 Å². The fraction of sp³-hybridized carbons (Fsp3) is 0. The standard InChI is InChI=1S/C36H22N4O/c1-3-10-24(11-4-1)33-38-34(25-12-5-2-6-13-25)40-35(39-33)28-17-19-30-27(22-28)18-20-31-32(30)41-36(37-31)29-16-15-23-9-7-8-14-26(23)21-29/h1-22H.